The number of hydrogen-bond donors (Lipinski definition) is 1. The van der Waals surface area contributed by atoms with Crippen molar-refractivity contribution >= 4 is 39.0 Å². The number of para-hydroxylation sites is 4. The summed E-state index contributed by atoms with van der Waals surface area (Å²) in [7, 11) is 0. The molecular weight excluding hydrogens is 1010 g/mol. The van der Waals surface area contributed by atoms with E-state index in [0.29, 0.717) is 11.4 Å². The summed E-state index contributed by atoms with van der Waals surface area (Å²) in [6, 6.07) is 69.8. The summed E-state index contributed by atoms with van der Waals surface area (Å²) in [6.45, 7) is 15.8. The van der Waals surface area contributed by atoms with Crippen LogP contribution in [0.2, 0.25) is 0 Å². The third-order valence-electron chi connectivity index (χ3n) is 13.2. The number of phenols is 1. The first kappa shape index (κ1) is 46.1. The van der Waals surface area contributed by atoms with Crippen LogP contribution in [0.5, 0.6) is 5.75 Å². The Kier molecular flexibility index (Phi) is 12.6. The Morgan fingerprint density at radius 2 is 1.15 bits per heavy atom. The fourth-order valence-corrected chi connectivity index (χ4v) is 9.48. The fourth-order valence-electron chi connectivity index (χ4n) is 9.48. The monoisotopic (exact) mass is 1070 g/mol. The zero-order valence-electron chi connectivity index (χ0n) is 39.6. The second-order valence-electron chi connectivity index (χ2n) is 19.4. The van der Waals surface area contributed by atoms with Crippen molar-refractivity contribution in [2.75, 3.05) is 4.90 Å². The van der Waals surface area contributed by atoms with Gasteiger partial charge in [-0.05, 0) is 94.1 Å². The molecule has 0 atom stereocenters. The number of rotatable bonds is 10. The van der Waals surface area contributed by atoms with Gasteiger partial charge in [0.2, 0.25) is 0 Å². The van der Waals surface area contributed by atoms with Crippen molar-refractivity contribution in [3.63, 3.8) is 0 Å². The van der Waals surface area contributed by atoms with Crippen LogP contribution in [0.1, 0.15) is 76.6 Å². The van der Waals surface area contributed by atoms with Gasteiger partial charge in [0, 0.05) is 60.9 Å². The summed E-state index contributed by atoms with van der Waals surface area (Å²) in [4.78, 5) is 13.0. The van der Waals surface area contributed by atoms with Crippen LogP contribution >= 0.6 is 0 Å². The molecule has 0 unspecified atom stereocenters. The number of pyridine rings is 1. The fraction of sp³-hybridized carbons (Fsp3) is 0.161. The van der Waals surface area contributed by atoms with Gasteiger partial charge in [-0.3, -0.25) is 9.55 Å². The number of aromatic hydroxyl groups is 1. The molecule has 0 aliphatic heterocycles. The van der Waals surface area contributed by atoms with Crippen molar-refractivity contribution in [1.29, 1.82) is 0 Å². The predicted octanol–water partition coefficient (Wildman–Crippen LogP) is 16.3. The molecule has 0 saturated carbocycles. The minimum absolute atomic E-state index is 0. The molecule has 340 valence electrons. The van der Waals surface area contributed by atoms with Crippen molar-refractivity contribution in [2.45, 2.75) is 65.2 Å². The number of imidazole rings is 1. The molecule has 8 aromatic carbocycles. The van der Waals surface area contributed by atoms with E-state index in [1.807, 2.05) is 24.4 Å². The van der Waals surface area contributed by atoms with E-state index in [-0.39, 0.29) is 43.6 Å². The summed E-state index contributed by atoms with van der Waals surface area (Å²) in [5.74, 6) is 1.02. The molecule has 10 aromatic rings. The van der Waals surface area contributed by atoms with Gasteiger partial charge in [0.25, 0.3) is 0 Å². The van der Waals surface area contributed by atoms with Gasteiger partial charge in [0.1, 0.15) is 11.6 Å². The maximum Gasteiger partial charge on any atom is 0.148 e. The Hall–Kier alpha value is -7.07. The molecule has 2 heterocycles. The zero-order chi connectivity index (χ0) is 46.5. The molecular formula is C62H55N4OPt-. The zero-order valence-corrected chi connectivity index (χ0v) is 41.9. The van der Waals surface area contributed by atoms with Crippen molar-refractivity contribution in [3.05, 3.63) is 223 Å². The Bertz CT molecular complexity index is 3350. The second-order valence-corrected chi connectivity index (χ2v) is 19.4. The molecule has 0 saturated heterocycles. The van der Waals surface area contributed by atoms with E-state index in [1.54, 1.807) is 6.07 Å². The summed E-state index contributed by atoms with van der Waals surface area (Å²) in [5, 5.41) is 12.7. The van der Waals surface area contributed by atoms with E-state index >= 15 is 0 Å². The number of fused-ring (bicyclic) bond motifs is 2. The first-order chi connectivity index (χ1) is 32.4. The standard InChI is InChI=1S/C62H55N4O.Pt/c1-41(2)42-36-43(51-27-19-28-52-55(34-35-63-58(51)52)62(6,7)46-20-11-8-12-21-46)38-44(37-42)54-39-50(65(47-22-13-9-14-23-47)48-24-15-10-16-25-48)40-56-59(54)64-60(53-26-17-18-29-57(53)67)66(56)49-32-30-45(31-33-49)61(3,4)5;/h8-37,39-41,67H,1-7H3;/q-1;. The van der Waals surface area contributed by atoms with Crippen molar-refractivity contribution < 1.29 is 26.2 Å². The molecule has 0 bridgehead atoms. The summed E-state index contributed by atoms with van der Waals surface area (Å²) >= 11 is 0. The van der Waals surface area contributed by atoms with Crippen LogP contribution in [0.15, 0.2) is 194 Å². The third kappa shape index (κ3) is 8.57. The maximum atomic E-state index is 11.5. The summed E-state index contributed by atoms with van der Waals surface area (Å²) in [5.41, 5.74) is 15.7. The van der Waals surface area contributed by atoms with Crippen molar-refractivity contribution in [3.8, 4) is 45.1 Å². The minimum Gasteiger partial charge on any atom is -0.507 e. The van der Waals surface area contributed by atoms with Crippen LogP contribution in [0.4, 0.5) is 17.1 Å². The topological polar surface area (TPSA) is 54.2 Å². The van der Waals surface area contributed by atoms with Crippen LogP contribution in [0.25, 0.3) is 61.3 Å². The number of hydrogen-bond acceptors (Lipinski definition) is 4. The normalized spacial score (nSPS) is 11.8. The largest absolute Gasteiger partial charge is 0.507 e. The minimum atomic E-state index is -0.262. The van der Waals surface area contributed by atoms with Gasteiger partial charge in [-0.1, -0.05) is 175 Å². The summed E-state index contributed by atoms with van der Waals surface area (Å²) < 4.78 is 2.20. The molecule has 0 fully saturated rings. The van der Waals surface area contributed by atoms with Crippen molar-refractivity contribution in [2.24, 2.45) is 0 Å². The van der Waals surface area contributed by atoms with Crippen LogP contribution in [-0.4, -0.2) is 19.6 Å². The van der Waals surface area contributed by atoms with Gasteiger partial charge in [0.05, 0.1) is 16.6 Å². The Labute approximate surface area is 415 Å². The van der Waals surface area contributed by atoms with E-state index in [1.165, 1.54) is 22.3 Å². The number of nitrogens with zero attached hydrogens (tertiary/aromatic N) is 4. The molecule has 1 N–H and O–H groups in total. The predicted molar refractivity (Wildman–Crippen MR) is 279 cm³/mol. The molecule has 2 aromatic heterocycles. The maximum absolute atomic E-state index is 11.5. The Balaban J connectivity index is 0.00000578. The van der Waals surface area contributed by atoms with Crippen LogP contribution in [0.3, 0.4) is 0 Å². The number of aromatic nitrogens is 3. The first-order valence-electron chi connectivity index (χ1n) is 23.2. The van der Waals surface area contributed by atoms with Gasteiger partial charge in [-0.15, -0.1) is 34.9 Å². The number of phenolic OH excluding ortho intramolecular Hbond substituents is 1. The van der Waals surface area contributed by atoms with Crippen LogP contribution in [-0.2, 0) is 31.9 Å². The quantitative estimate of drug-likeness (QED) is 0.139. The van der Waals surface area contributed by atoms with Gasteiger partial charge >= 0.3 is 0 Å². The van der Waals surface area contributed by atoms with E-state index in [4.69, 9.17) is 9.97 Å². The van der Waals surface area contributed by atoms with E-state index < -0.39 is 0 Å². The summed E-state index contributed by atoms with van der Waals surface area (Å²) in [6.07, 6.45) is 1.95. The van der Waals surface area contributed by atoms with E-state index in [0.717, 1.165) is 66.9 Å². The SMILES string of the molecule is CC(C)c1cc(-c2cccc3c(C(C)(C)c4ccccc4)ccnc23)[c-]c(-c2cc(N(c3ccccc3)c3ccccc3)cc3c2nc(-c2ccccc2O)n3-c2ccc(C(C)(C)C)cc2)c1.[Pt]. The van der Waals surface area contributed by atoms with Crippen LogP contribution in [0, 0.1) is 6.07 Å². The molecule has 0 spiro atoms. The van der Waals surface area contributed by atoms with E-state index in [2.05, 4.69) is 228 Å². The van der Waals surface area contributed by atoms with Gasteiger partial charge in [-0.25, -0.2) is 4.98 Å². The van der Waals surface area contributed by atoms with Crippen molar-refractivity contribution in [1.82, 2.24) is 14.5 Å². The van der Waals surface area contributed by atoms with Crippen LogP contribution < -0.4 is 4.90 Å². The third-order valence-corrected chi connectivity index (χ3v) is 13.2. The average Bonchev–Trinajstić information content (AvgIpc) is 3.73. The molecule has 5 nitrogen and oxygen atoms in total. The molecule has 68 heavy (non-hydrogen) atoms. The second kappa shape index (κ2) is 18.5. The molecule has 10 rings (SSSR count). The molecule has 6 heteroatoms. The smallest absolute Gasteiger partial charge is 0.148 e. The van der Waals surface area contributed by atoms with Gasteiger partial charge in [-0.2, -0.15) is 0 Å². The molecule has 0 radical (unpaired) electrons. The van der Waals surface area contributed by atoms with E-state index in [9.17, 15) is 5.11 Å². The average molecular weight is 1070 g/mol. The molecule has 0 amide bonds. The van der Waals surface area contributed by atoms with Gasteiger partial charge in [0.15, 0.2) is 0 Å². The number of anilines is 3. The molecule has 0 aliphatic rings. The van der Waals surface area contributed by atoms with Gasteiger partial charge < -0.3 is 10.0 Å². The first-order valence-corrected chi connectivity index (χ1v) is 23.2. The Morgan fingerprint density at radius 3 is 1.76 bits per heavy atom. The molecule has 0 aliphatic carbocycles. The number of benzene rings is 8. The Morgan fingerprint density at radius 1 is 0.559 bits per heavy atom.